The molecule has 0 aromatic carbocycles. The van der Waals surface area contributed by atoms with Crippen molar-refractivity contribution in [3.63, 3.8) is 0 Å². The summed E-state index contributed by atoms with van der Waals surface area (Å²) >= 11 is 4.89. The third-order valence-corrected chi connectivity index (χ3v) is 1.63. The highest BCUT2D eigenvalue weighted by Gasteiger charge is 1.93. The lowest BCUT2D eigenvalue weighted by molar-refractivity contribution is 0.289. The predicted molar refractivity (Wildman–Crippen MR) is 56.3 cm³/mol. The molecule has 0 radical (unpaired) electrons. The van der Waals surface area contributed by atoms with E-state index in [1.165, 1.54) is 12.8 Å². The molecule has 0 saturated carbocycles. The van der Waals surface area contributed by atoms with Gasteiger partial charge < -0.3 is 10.1 Å². The van der Waals surface area contributed by atoms with Crippen LogP contribution in [0.3, 0.4) is 0 Å². The van der Waals surface area contributed by atoms with Gasteiger partial charge in [-0.15, -0.1) is 6.58 Å². The Hall–Kier alpha value is -0.570. The van der Waals surface area contributed by atoms with Crippen LogP contribution in [0, 0.1) is 0 Å². The molecular weight excluding hydrogens is 170 g/mol. The minimum Gasteiger partial charge on any atom is -0.471 e. The number of hydrogen-bond acceptors (Lipinski definition) is 2. The zero-order valence-corrected chi connectivity index (χ0v) is 8.45. The quantitative estimate of drug-likeness (QED) is 0.391. The molecule has 0 atom stereocenters. The van der Waals surface area contributed by atoms with Crippen molar-refractivity contribution in [3.05, 3.63) is 12.7 Å². The second-order valence-electron chi connectivity index (χ2n) is 2.51. The number of hydrogen-bond donors (Lipinski definition) is 1. The average molecular weight is 187 g/mol. The Morgan fingerprint density at radius 2 is 2.33 bits per heavy atom. The van der Waals surface area contributed by atoms with Crippen LogP contribution in [0.15, 0.2) is 12.7 Å². The lowest BCUT2D eigenvalue weighted by Crippen LogP contribution is -2.24. The fourth-order valence-electron chi connectivity index (χ4n) is 0.723. The number of nitrogens with one attached hydrogen (secondary N) is 1. The van der Waals surface area contributed by atoms with Crippen molar-refractivity contribution in [3.8, 4) is 0 Å². The molecule has 0 heterocycles. The smallest absolute Gasteiger partial charge is 0.256 e. The lowest BCUT2D eigenvalue weighted by Gasteiger charge is -2.06. The monoisotopic (exact) mass is 187 g/mol. The van der Waals surface area contributed by atoms with E-state index in [4.69, 9.17) is 17.0 Å². The zero-order valence-electron chi connectivity index (χ0n) is 7.64. The molecule has 0 saturated heterocycles. The fourth-order valence-corrected chi connectivity index (χ4v) is 0.890. The Balaban J connectivity index is 3.13. The Morgan fingerprint density at radius 3 is 2.92 bits per heavy atom. The van der Waals surface area contributed by atoms with Crippen molar-refractivity contribution in [2.45, 2.75) is 26.2 Å². The van der Waals surface area contributed by atoms with Crippen molar-refractivity contribution in [2.75, 3.05) is 13.2 Å². The summed E-state index contributed by atoms with van der Waals surface area (Å²) in [6.07, 6.45) is 5.23. The van der Waals surface area contributed by atoms with E-state index < -0.39 is 0 Å². The Bertz CT molecular complexity index is 136. The zero-order chi connectivity index (χ0) is 9.23. The highest BCUT2D eigenvalue weighted by Crippen LogP contribution is 1.94. The molecule has 0 unspecified atom stereocenters. The van der Waals surface area contributed by atoms with Gasteiger partial charge in [0.1, 0.15) is 0 Å². The van der Waals surface area contributed by atoms with Crippen LogP contribution in [0.25, 0.3) is 0 Å². The fraction of sp³-hybridized carbons (Fsp3) is 0.667. The summed E-state index contributed by atoms with van der Waals surface area (Å²) in [7, 11) is 0. The molecular formula is C9H17NOS. The SMILES string of the molecule is C=CCNC(=S)OCCCCC. The molecule has 3 heteroatoms. The van der Waals surface area contributed by atoms with Gasteiger partial charge in [0.05, 0.1) is 6.61 Å². The van der Waals surface area contributed by atoms with Gasteiger partial charge in [-0.1, -0.05) is 25.8 Å². The van der Waals surface area contributed by atoms with E-state index in [9.17, 15) is 0 Å². The van der Waals surface area contributed by atoms with Crippen LogP contribution in [-0.2, 0) is 4.74 Å². The highest BCUT2D eigenvalue weighted by atomic mass is 32.1. The molecule has 0 aromatic heterocycles. The van der Waals surface area contributed by atoms with E-state index in [-0.39, 0.29) is 0 Å². The minimum atomic E-state index is 0.478. The summed E-state index contributed by atoms with van der Waals surface area (Å²) < 4.78 is 5.22. The number of ether oxygens (including phenoxy) is 1. The molecule has 70 valence electrons. The van der Waals surface area contributed by atoms with Gasteiger partial charge in [-0.2, -0.15) is 0 Å². The van der Waals surface area contributed by atoms with E-state index in [2.05, 4.69) is 18.8 Å². The first-order chi connectivity index (χ1) is 5.81. The Labute approximate surface area is 80.0 Å². The maximum absolute atomic E-state index is 5.22. The van der Waals surface area contributed by atoms with Crippen LogP contribution in [0.1, 0.15) is 26.2 Å². The van der Waals surface area contributed by atoms with Gasteiger partial charge in [-0.3, -0.25) is 0 Å². The maximum Gasteiger partial charge on any atom is 0.256 e. The predicted octanol–water partition coefficient (Wildman–Crippen LogP) is 2.25. The third kappa shape index (κ3) is 7.54. The van der Waals surface area contributed by atoms with Gasteiger partial charge in [-0.25, -0.2) is 0 Å². The number of unbranched alkanes of at least 4 members (excludes halogenated alkanes) is 2. The number of rotatable bonds is 6. The van der Waals surface area contributed by atoms with Gasteiger partial charge in [0.25, 0.3) is 5.17 Å². The normalized spacial score (nSPS) is 9.08. The van der Waals surface area contributed by atoms with Crippen LogP contribution in [0.5, 0.6) is 0 Å². The Morgan fingerprint density at radius 1 is 1.58 bits per heavy atom. The minimum absolute atomic E-state index is 0.478. The standard InChI is InChI=1S/C9H17NOS/c1-3-5-6-8-11-9(12)10-7-4-2/h4H,2-3,5-8H2,1H3,(H,10,12). The van der Waals surface area contributed by atoms with Gasteiger partial charge >= 0.3 is 0 Å². The van der Waals surface area contributed by atoms with E-state index in [1.807, 2.05) is 0 Å². The van der Waals surface area contributed by atoms with Gasteiger partial charge in [0, 0.05) is 6.54 Å². The van der Waals surface area contributed by atoms with Gasteiger partial charge in [0.2, 0.25) is 0 Å². The molecule has 0 fully saturated rings. The van der Waals surface area contributed by atoms with Crippen molar-refractivity contribution in [1.82, 2.24) is 5.32 Å². The lowest BCUT2D eigenvalue weighted by atomic mass is 10.3. The Kier molecular flexibility index (Phi) is 8.12. The summed E-state index contributed by atoms with van der Waals surface area (Å²) in [6, 6.07) is 0. The largest absolute Gasteiger partial charge is 0.471 e. The number of thiocarbonyl (C=S) groups is 1. The molecule has 0 aliphatic rings. The van der Waals surface area contributed by atoms with Crippen LogP contribution >= 0.6 is 12.2 Å². The van der Waals surface area contributed by atoms with Crippen LogP contribution in [-0.4, -0.2) is 18.3 Å². The van der Waals surface area contributed by atoms with E-state index in [1.54, 1.807) is 6.08 Å². The van der Waals surface area contributed by atoms with E-state index in [0.29, 0.717) is 11.7 Å². The van der Waals surface area contributed by atoms with Crippen LogP contribution in [0.4, 0.5) is 0 Å². The molecule has 0 bridgehead atoms. The molecule has 12 heavy (non-hydrogen) atoms. The van der Waals surface area contributed by atoms with Crippen molar-refractivity contribution >= 4 is 17.4 Å². The third-order valence-electron chi connectivity index (χ3n) is 1.37. The highest BCUT2D eigenvalue weighted by molar-refractivity contribution is 7.80. The molecule has 1 N–H and O–H groups in total. The van der Waals surface area contributed by atoms with Crippen molar-refractivity contribution in [1.29, 1.82) is 0 Å². The summed E-state index contributed by atoms with van der Waals surface area (Å²) in [6.45, 7) is 7.12. The summed E-state index contributed by atoms with van der Waals surface area (Å²) in [4.78, 5) is 0. The molecule has 0 amide bonds. The van der Waals surface area contributed by atoms with Crippen molar-refractivity contribution < 1.29 is 4.74 Å². The van der Waals surface area contributed by atoms with Crippen LogP contribution < -0.4 is 5.32 Å². The molecule has 0 aliphatic heterocycles. The maximum atomic E-state index is 5.22. The van der Waals surface area contributed by atoms with E-state index >= 15 is 0 Å². The van der Waals surface area contributed by atoms with E-state index in [0.717, 1.165) is 13.0 Å². The first-order valence-corrected chi connectivity index (χ1v) is 4.73. The molecule has 0 spiro atoms. The van der Waals surface area contributed by atoms with Crippen LogP contribution in [0.2, 0.25) is 0 Å². The molecule has 2 nitrogen and oxygen atoms in total. The molecule has 0 aliphatic carbocycles. The van der Waals surface area contributed by atoms with Crippen molar-refractivity contribution in [2.24, 2.45) is 0 Å². The summed E-state index contributed by atoms with van der Waals surface area (Å²) in [5, 5.41) is 3.38. The van der Waals surface area contributed by atoms with Gasteiger partial charge in [0.15, 0.2) is 0 Å². The van der Waals surface area contributed by atoms with Gasteiger partial charge in [-0.05, 0) is 18.6 Å². The average Bonchev–Trinajstić information content (AvgIpc) is 2.09. The molecule has 0 rings (SSSR count). The first-order valence-electron chi connectivity index (χ1n) is 4.32. The first kappa shape index (κ1) is 11.4. The second-order valence-corrected chi connectivity index (χ2v) is 2.88. The summed E-state index contributed by atoms with van der Waals surface area (Å²) in [5.41, 5.74) is 0. The second kappa shape index (κ2) is 8.53. The molecule has 0 aromatic rings. The topological polar surface area (TPSA) is 21.3 Å². The summed E-state index contributed by atoms with van der Waals surface area (Å²) in [5.74, 6) is 0.